The van der Waals surface area contributed by atoms with Gasteiger partial charge in [-0.15, -0.1) is 0 Å². The molecule has 0 bridgehead atoms. The van der Waals surface area contributed by atoms with Crippen LogP contribution < -0.4 is 11.3 Å². The minimum Gasteiger partial charge on any atom is -0.364 e. The Bertz CT molecular complexity index is 1550. The largest absolute Gasteiger partial charge is 0.364 e. The second-order valence-electron chi connectivity index (χ2n) is 10.2. The highest BCUT2D eigenvalue weighted by Gasteiger charge is 2.40. The Labute approximate surface area is 233 Å². The number of nitrogens with two attached hydrogens (primary N) is 1. The fourth-order valence-electron chi connectivity index (χ4n) is 5.39. The van der Waals surface area contributed by atoms with Crippen LogP contribution in [0.5, 0.6) is 0 Å². The van der Waals surface area contributed by atoms with Crippen molar-refractivity contribution < 1.29 is 19.0 Å². The minimum atomic E-state index is -1.15. The summed E-state index contributed by atoms with van der Waals surface area (Å²) in [7, 11) is 1.74. The first-order valence-electron chi connectivity index (χ1n) is 13.7. The highest BCUT2D eigenvalue weighted by Crippen LogP contribution is 2.39. The first-order valence-corrected chi connectivity index (χ1v) is 13.7. The van der Waals surface area contributed by atoms with E-state index >= 15 is 0 Å². The van der Waals surface area contributed by atoms with E-state index < -0.39 is 11.5 Å². The second-order valence-corrected chi connectivity index (χ2v) is 10.2. The number of aromatic nitrogens is 2. The van der Waals surface area contributed by atoms with Gasteiger partial charge in [-0.05, 0) is 73.4 Å². The minimum absolute atomic E-state index is 0.0421. The predicted octanol–water partition coefficient (Wildman–Crippen LogP) is 4.83. The molecule has 1 amide bonds. The third-order valence-electron chi connectivity index (χ3n) is 7.40. The molecule has 0 saturated carbocycles. The molecule has 1 aliphatic heterocycles. The van der Waals surface area contributed by atoms with E-state index in [1.807, 2.05) is 67.7 Å². The Hall–Kier alpha value is -3.85. The molecule has 40 heavy (non-hydrogen) atoms. The zero-order chi connectivity index (χ0) is 28.3. The Morgan fingerprint density at radius 3 is 2.60 bits per heavy atom. The summed E-state index contributed by atoms with van der Waals surface area (Å²) in [5.74, 6) is -0.629. The number of ether oxygens (including phenoxy) is 3. The van der Waals surface area contributed by atoms with Crippen molar-refractivity contribution in [1.82, 2.24) is 9.55 Å². The van der Waals surface area contributed by atoms with Gasteiger partial charge in [0.2, 0.25) is 0 Å². The summed E-state index contributed by atoms with van der Waals surface area (Å²) in [6, 6.07) is 19.3. The van der Waals surface area contributed by atoms with Gasteiger partial charge in [0.15, 0.2) is 11.9 Å². The van der Waals surface area contributed by atoms with E-state index in [2.05, 4.69) is 0 Å². The first kappa shape index (κ1) is 27.7. The zero-order valence-electron chi connectivity index (χ0n) is 23.2. The van der Waals surface area contributed by atoms with E-state index in [0.717, 1.165) is 46.7 Å². The number of carbonyl (C=O) groups excluding carboxylic acids is 1. The summed E-state index contributed by atoms with van der Waals surface area (Å²) in [6.45, 7) is 4.88. The quantitative estimate of drug-likeness (QED) is 0.325. The highest BCUT2D eigenvalue weighted by molar-refractivity contribution is 5.98. The molecule has 208 valence electrons. The second kappa shape index (κ2) is 11.7. The van der Waals surface area contributed by atoms with Crippen LogP contribution in [0.4, 0.5) is 0 Å². The van der Waals surface area contributed by atoms with Gasteiger partial charge in [0.25, 0.3) is 11.5 Å². The maximum atomic E-state index is 12.5. The number of benzene rings is 2. The molecule has 1 fully saturated rings. The van der Waals surface area contributed by atoms with Crippen LogP contribution in [0.1, 0.15) is 53.5 Å². The molecule has 4 aromatic rings. The number of aryl methyl sites for hydroxylation is 2. The van der Waals surface area contributed by atoms with Gasteiger partial charge in [-0.3, -0.25) is 9.59 Å². The van der Waals surface area contributed by atoms with Gasteiger partial charge in [-0.25, -0.2) is 4.98 Å². The highest BCUT2D eigenvalue weighted by atomic mass is 16.7. The maximum absolute atomic E-state index is 12.5. The summed E-state index contributed by atoms with van der Waals surface area (Å²) >= 11 is 0. The number of primary amides is 1. The van der Waals surface area contributed by atoms with Crippen LogP contribution in [0.3, 0.4) is 0 Å². The molecule has 2 N–H and O–H groups in total. The van der Waals surface area contributed by atoms with Crippen LogP contribution in [0.25, 0.3) is 21.9 Å². The lowest BCUT2D eigenvalue weighted by Gasteiger charge is -2.36. The van der Waals surface area contributed by atoms with Gasteiger partial charge < -0.3 is 24.5 Å². The summed E-state index contributed by atoms with van der Waals surface area (Å²) < 4.78 is 20.4. The molecule has 8 heteroatoms. The Morgan fingerprint density at radius 1 is 1.12 bits per heavy atom. The third-order valence-corrected chi connectivity index (χ3v) is 7.40. The van der Waals surface area contributed by atoms with E-state index in [0.29, 0.717) is 24.5 Å². The normalized spacial score (nSPS) is 17.0. The lowest BCUT2D eigenvalue weighted by atomic mass is 9.86. The van der Waals surface area contributed by atoms with Crippen molar-refractivity contribution >= 4 is 16.7 Å². The van der Waals surface area contributed by atoms with Gasteiger partial charge in [-0.1, -0.05) is 42.5 Å². The number of amides is 1. The van der Waals surface area contributed by atoms with E-state index in [1.54, 1.807) is 24.6 Å². The van der Waals surface area contributed by atoms with Crippen LogP contribution in [0.15, 0.2) is 71.7 Å². The third kappa shape index (κ3) is 5.43. The molecule has 1 saturated heterocycles. The molecule has 3 heterocycles. The van der Waals surface area contributed by atoms with Crippen molar-refractivity contribution in [3.63, 3.8) is 0 Å². The molecule has 1 aliphatic rings. The monoisotopic (exact) mass is 541 g/mol. The van der Waals surface area contributed by atoms with Crippen molar-refractivity contribution in [2.24, 2.45) is 12.8 Å². The van der Waals surface area contributed by atoms with Crippen molar-refractivity contribution in [3.8, 4) is 11.1 Å². The van der Waals surface area contributed by atoms with Crippen molar-refractivity contribution in [2.45, 2.75) is 45.0 Å². The summed E-state index contributed by atoms with van der Waals surface area (Å²) in [6.07, 6.45) is 4.29. The van der Waals surface area contributed by atoms with E-state index in [1.165, 1.54) is 0 Å². The predicted molar refractivity (Wildman–Crippen MR) is 154 cm³/mol. The lowest BCUT2D eigenvalue weighted by Crippen LogP contribution is -2.40. The number of nitrogens with zero attached hydrogens (tertiary/aromatic N) is 2. The lowest BCUT2D eigenvalue weighted by molar-refractivity contribution is -0.195. The maximum Gasteiger partial charge on any atom is 0.267 e. The number of carbonyl (C=O) groups is 1. The van der Waals surface area contributed by atoms with Crippen LogP contribution in [0.2, 0.25) is 0 Å². The van der Waals surface area contributed by atoms with Crippen LogP contribution in [-0.4, -0.2) is 41.6 Å². The van der Waals surface area contributed by atoms with Crippen LogP contribution in [-0.2, 0) is 26.9 Å². The van der Waals surface area contributed by atoms with Crippen molar-refractivity contribution in [2.75, 3.05) is 19.8 Å². The number of fused-ring (bicyclic) bond motifs is 1. The average molecular weight is 542 g/mol. The number of hydrogen-bond donors (Lipinski definition) is 1. The summed E-state index contributed by atoms with van der Waals surface area (Å²) in [5, 5.41) is 1.58. The molecule has 2 aromatic heterocycles. The molecular weight excluding hydrogens is 506 g/mol. The number of rotatable bonds is 9. The van der Waals surface area contributed by atoms with Crippen molar-refractivity contribution in [1.29, 1.82) is 0 Å². The standard InChI is InChI=1S/C32H35N3O5/c1-4-40-32(25-10-6-5-7-11-25,20-39-28-12-8-9-15-38-28)29-26-17-22(24-16-21(2)31(37)35(3)19-24)13-14-23(26)18-27(34-29)30(33)36/h5-7,10-11,13-14,16-19,28H,4,8-9,12,15,20H2,1-3H3,(H2,33,36). The molecule has 0 aliphatic carbocycles. The van der Waals surface area contributed by atoms with Crippen molar-refractivity contribution in [3.05, 3.63) is 99.7 Å². The van der Waals surface area contributed by atoms with Gasteiger partial charge in [0.1, 0.15) is 5.69 Å². The first-order chi connectivity index (χ1) is 19.3. The Morgan fingerprint density at radius 2 is 1.93 bits per heavy atom. The fourth-order valence-corrected chi connectivity index (χ4v) is 5.39. The smallest absolute Gasteiger partial charge is 0.267 e. The molecule has 0 spiro atoms. The zero-order valence-corrected chi connectivity index (χ0v) is 23.2. The van der Waals surface area contributed by atoms with Crippen LogP contribution in [0, 0.1) is 6.92 Å². The summed E-state index contributed by atoms with van der Waals surface area (Å²) in [5.41, 5.74) is 8.52. The molecule has 5 rings (SSSR count). The molecule has 2 atom stereocenters. The molecule has 2 aromatic carbocycles. The average Bonchev–Trinajstić information content (AvgIpc) is 2.98. The topological polar surface area (TPSA) is 106 Å². The number of hydrogen-bond acceptors (Lipinski definition) is 6. The number of pyridine rings is 2. The Kier molecular flexibility index (Phi) is 8.12. The van der Waals surface area contributed by atoms with E-state index in [4.69, 9.17) is 24.9 Å². The van der Waals surface area contributed by atoms with Gasteiger partial charge in [-0.2, -0.15) is 0 Å². The SMILES string of the molecule is CCOC(COC1CCCCO1)(c1ccccc1)c1nc(C(N)=O)cc2ccc(-c3cc(C)c(=O)n(C)c3)cc12. The Balaban J connectivity index is 1.76. The van der Waals surface area contributed by atoms with Crippen LogP contribution >= 0.6 is 0 Å². The molecule has 8 nitrogen and oxygen atoms in total. The molecule has 0 radical (unpaired) electrons. The molecule has 2 unspecified atom stereocenters. The van der Waals surface area contributed by atoms with E-state index in [9.17, 15) is 9.59 Å². The van der Waals surface area contributed by atoms with Gasteiger partial charge in [0, 0.05) is 37.4 Å². The summed E-state index contributed by atoms with van der Waals surface area (Å²) in [4.78, 5) is 29.6. The van der Waals surface area contributed by atoms with E-state index in [-0.39, 0.29) is 24.2 Å². The fraction of sp³-hybridized carbons (Fsp3) is 0.344. The van der Waals surface area contributed by atoms with Gasteiger partial charge in [0.05, 0.1) is 12.3 Å². The molecular formula is C32H35N3O5. The van der Waals surface area contributed by atoms with Gasteiger partial charge >= 0.3 is 0 Å².